The average Bonchev–Trinajstić information content (AvgIpc) is 2.48. The average molecular weight is 298 g/mol. The van der Waals surface area contributed by atoms with Crippen LogP contribution in [0.3, 0.4) is 0 Å². The van der Waals surface area contributed by atoms with Crippen molar-refractivity contribution >= 4 is 11.4 Å². The van der Waals surface area contributed by atoms with Crippen LogP contribution in [0.2, 0.25) is 0 Å². The number of nitro groups is 1. The molecule has 0 aliphatic carbocycles. The topological polar surface area (TPSA) is 82.9 Å². The number of ether oxygens (including phenoxy) is 3. The van der Waals surface area contributed by atoms with Crippen molar-refractivity contribution in [2.45, 2.75) is 13.3 Å². The van der Waals surface area contributed by atoms with E-state index in [-0.39, 0.29) is 11.4 Å². The van der Waals surface area contributed by atoms with Gasteiger partial charge in [-0.25, -0.2) is 0 Å². The largest absolute Gasteiger partial charge is 0.487 e. The van der Waals surface area contributed by atoms with Gasteiger partial charge >= 0.3 is 5.69 Å². The van der Waals surface area contributed by atoms with E-state index in [9.17, 15) is 10.1 Å². The minimum absolute atomic E-state index is 0.0228. The van der Waals surface area contributed by atoms with Gasteiger partial charge in [0.15, 0.2) is 5.75 Å². The van der Waals surface area contributed by atoms with Crippen LogP contribution in [0.1, 0.15) is 13.3 Å². The highest BCUT2D eigenvalue weighted by Gasteiger charge is 2.15. The van der Waals surface area contributed by atoms with Crippen molar-refractivity contribution in [3.05, 3.63) is 28.3 Å². The van der Waals surface area contributed by atoms with Crippen molar-refractivity contribution in [2.75, 3.05) is 45.4 Å². The molecular formula is C14H22N2O5. The van der Waals surface area contributed by atoms with Gasteiger partial charge in [-0.2, -0.15) is 0 Å². The standard InChI is InChI=1S/C14H22N2O5/c1-3-7-21-14-11-12(4-5-13(14)16(17)18)15-6-8-20-10-9-19-2/h4-5,11,15H,3,6-10H2,1-2H3. The molecule has 0 spiro atoms. The zero-order chi connectivity index (χ0) is 15.5. The summed E-state index contributed by atoms with van der Waals surface area (Å²) in [6.45, 7) is 4.64. The van der Waals surface area contributed by atoms with Crippen molar-refractivity contribution in [1.82, 2.24) is 0 Å². The quantitative estimate of drug-likeness (QED) is 0.384. The summed E-state index contributed by atoms with van der Waals surface area (Å²) in [6.07, 6.45) is 0.794. The Morgan fingerprint density at radius 2 is 2.05 bits per heavy atom. The van der Waals surface area contributed by atoms with Gasteiger partial charge in [-0.3, -0.25) is 10.1 Å². The normalized spacial score (nSPS) is 10.4. The highest BCUT2D eigenvalue weighted by Crippen LogP contribution is 2.30. The number of benzene rings is 1. The molecule has 0 aliphatic rings. The number of rotatable bonds is 11. The predicted octanol–water partition coefficient (Wildman–Crippen LogP) is 2.46. The van der Waals surface area contributed by atoms with Crippen LogP contribution in [0.4, 0.5) is 11.4 Å². The van der Waals surface area contributed by atoms with E-state index in [1.165, 1.54) is 6.07 Å². The first-order valence-electron chi connectivity index (χ1n) is 6.90. The Balaban J connectivity index is 2.52. The van der Waals surface area contributed by atoms with Crippen LogP contribution in [0.15, 0.2) is 18.2 Å². The van der Waals surface area contributed by atoms with Gasteiger partial charge in [0.2, 0.25) is 0 Å². The second kappa shape index (κ2) is 9.95. The molecule has 21 heavy (non-hydrogen) atoms. The van der Waals surface area contributed by atoms with Crippen LogP contribution in [0.25, 0.3) is 0 Å². The first-order valence-corrected chi connectivity index (χ1v) is 6.90. The van der Waals surface area contributed by atoms with Crippen LogP contribution in [-0.2, 0) is 9.47 Å². The van der Waals surface area contributed by atoms with Crippen LogP contribution >= 0.6 is 0 Å². The zero-order valence-electron chi connectivity index (χ0n) is 12.5. The molecule has 0 aromatic heterocycles. The molecule has 1 N–H and O–H groups in total. The first kappa shape index (κ1) is 17.2. The minimum Gasteiger partial charge on any atom is -0.487 e. The fourth-order valence-corrected chi connectivity index (χ4v) is 1.61. The highest BCUT2D eigenvalue weighted by molar-refractivity contribution is 5.57. The highest BCUT2D eigenvalue weighted by atomic mass is 16.6. The maximum Gasteiger partial charge on any atom is 0.311 e. The monoisotopic (exact) mass is 298 g/mol. The number of anilines is 1. The van der Waals surface area contributed by atoms with E-state index in [0.717, 1.165) is 12.1 Å². The second-order valence-electron chi connectivity index (χ2n) is 4.32. The van der Waals surface area contributed by atoms with Crippen LogP contribution in [-0.4, -0.2) is 45.0 Å². The maximum atomic E-state index is 10.9. The Bertz CT molecular complexity index is 439. The Kier molecular flexibility index (Phi) is 8.15. The van der Waals surface area contributed by atoms with Crippen molar-refractivity contribution in [3.63, 3.8) is 0 Å². The van der Waals surface area contributed by atoms with E-state index >= 15 is 0 Å². The van der Waals surface area contributed by atoms with Gasteiger partial charge in [-0.15, -0.1) is 0 Å². The van der Waals surface area contributed by atoms with Crippen molar-refractivity contribution < 1.29 is 19.1 Å². The number of nitrogens with zero attached hydrogens (tertiary/aromatic N) is 1. The molecule has 1 rings (SSSR count). The lowest BCUT2D eigenvalue weighted by Crippen LogP contribution is -2.12. The third-order valence-electron chi connectivity index (χ3n) is 2.63. The molecular weight excluding hydrogens is 276 g/mol. The summed E-state index contributed by atoms with van der Waals surface area (Å²) < 4.78 is 15.6. The summed E-state index contributed by atoms with van der Waals surface area (Å²) in [5.41, 5.74) is 0.743. The molecule has 7 nitrogen and oxygen atoms in total. The van der Waals surface area contributed by atoms with Gasteiger partial charge in [0.25, 0.3) is 0 Å². The molecule has 7 heteroatoms. The van der Waals surface area contributed by atoms with E-state index in [2.05, 4.69) is 5.32 Å². The summed E-state index contributed by atoms with van der Waals surface area (Å²) in [5.74, 6) is 0.284. The Hall–Kier alpha value is -1.86. The molecule has 0 saturated carbocycles. The molecule has 0 unspecified atom stereocenters. The molecule has 0 fully saturated rings. The van der Waals surface area contributed by atoms with E-state index in [4.69, 9.17) is 14.2 Å². The molecule has 0 amide bonds. The lowest BCUT2D eigenvalue weighted by molar-refractivity contribution is -0.385. The number of methoxy groups -OCH3 is 1. The van der Waals surface area contributed by atoms with Crippen molar-refractivity contribution in [3.8, 4) is 5.75 Å². The minimum atomic E-state index is -0.442. The number of hydrogen-bond acceptors (Lipinski definition) is 6. The molecule has 1 aromatic carbocycles. The fourth-order valence-electron chi connectivity index (χ4n) is 1.61. The molecule has 0 aliphatic heterocycles. The molecule has 118 valence electrons. The third kappa shape index (κ3) is 6.42. The number of nitro benzene ring substituents is 1. The zero-order valence-corrected chi connectivity index (χ0v) is 12.5. The summed E-state index contributed by atoms with van der Waals surface area (Å²) in [7, 11) is 1.62. The molecule has 0 saturated heterocycles. The summed E-state index contributed by atoms with van der Waals surface area (Å²) >= 11 is 0. The van der Waals surface area contributed by atoms with Gasteiger partial charge in [-0.05, 0) is 12.5 Å². The molecule has 0 bridgehead atoms. The molecule has 0 radical (unpaired) electrons. The Morgan fingerprint density at radius 3 is 2.71 bits per heavy atom. The third-order valence-corrected chi connectivity index (χ3v) is 2.63. The van der Waals surface area contributed by atoms with Crippen LogP contribution in [0.5, 0.6) is 5.75 Å². The summed E-state index contributed by atoms with van der Waals surface area (Å²) in [5, 5.41) is 14.1. The van der Waals surface area contributed by atoms with Gasteiger partial charge < -0.3 is 19.5 Å². The Labute approximate surface area is 124 Å². The predicted molar refractivity (Wildman–Crippen MR) is 80.1 cm³/mol. The molecule has 0 heterocycles. The first-order chi connectivity index (χ1) is 10.2. The number of hydrogen-bond donors (Lipinski definition) is 1. The summed E-state index contributed by atoms with van der Waals surface area (Å²) in [6, 6.07) is 4.74. The van der Waals surface area contributed by atoms with Gasteiger partial charge in [0, 0.05) is 31.5 Å². The fraction of sp³-hybridized carbons (Fsp3) is 0.571. The maximum absolute atomic E-state index is 10.9. The SMILES string of the molecule is CCCOc1cc(NCCOCCOC)ccc1[N+](=O)[O-]. The Morgan fingerprint density at radius 1 is 1.24 bits per heavy atom. The van der Waals surface area contributed by atoms with Crippen LogP contribution in [0, 0.1) is 10.1 Å². The van der Waals surface area contributed by atoms with Crippen LogP contribution < -0.4 is 10.1 Å². The van der Waals surface area contributed by atoms with E-state index in [1.54, 1.807) is 19.2 Å². The number of nitrogens with one attached hydrogen (secondary N) is 1. The molecule has 0 atom stereocenters. The second-order valence-corrected chi connectivity index (χ2v) is 4.32. The van der Waals surface area contributed by atoms with Gasteiger partial charge in [0.05, 0.1) is 31.4 Å². The van der Waals surface area contributed by atoms with Crippen molar-refractivity contribution in [1.29, 1.82) is 0 Å². The smallest absolute Gasteiger partial charge is 0.311 e. The van der Waals surface area contributed by atoms with E-state index in [1.807, 2.05) is 6.92 Å². The summed E-state index contributed by atoms with van der Waals surface area (Å²) in [4.78, 5) is 10.5. The lowest BCUT2D eigenvalue weighted by Gasteiger charge is -2.10. The molecule has 1 aromatic rings. The van der Waals surface area contributed by atoms with Gasteiger partial charge in [0.1, 0.15) is 0 Å². The van der Waals surface area contributed by atoms with Crippen molar-refractivity contribution in [2.24, 2.45) is 0 Å². The van der Waals surface area contributed by atoms with Gasteiger partial charge in [-0.1, -0.05) is 6.92 Å². The lowest BCUT2D eigenvalue weighted by atomic mass is 10.2. The van der Waals surface area contributed by atoms with E-state index < -0.39 is 4.92 Å². The van der Waals surface area contributed by atoms with E-state index in [0.29, 0.717) is 33.0 Å².